The van der Waals surface area contributed by atoms with Gasteiger partial charge in [0.15, 0.2) is 0 Å². The Morgan fingerprint density at radius 1 is 1.43 bits per heavy atom. The van der Waals surface area contributed by atoms with E-state index in [9.17, 15) is 9.90 Å². The molecule has 1 N–H and O–H groups in total. The fraction of sp³-hybridized carbons (Fsp3) is 0.650. The van der Waals surface area contributed by atoms with E-state index in [-0.39, 0.29) is 17.3 Å². The van der Waals surface area contributed by atoms with Crippen molar-refractivity contribution in [2.75, 3.05) is 0 Å². The van der Waals surface area contributed by atoms with Gasteiger partial charge in [0.05, 0.1) is 11.7 Å². The molecule has 3 rings (SSSR count). The molecular weight excluding hydrogens is 288 g/mol. The van der Waals surface area contributed by atoms with E-state index in [1.165, 1.54) is 5.57 Å². The predicted octanol–water partition coefficient (Wildman–Crippen LogP) is 5.08. The zero-order valence-corrected chi connectivity index (χ0v) is 14.5. The summed E-state index contributed by atoms with van der Waals surface area (Å²) in [6.07, 6.45) is 9.47. The molecule has 0 unspecified atom stereocenters. The van der Waals surface area contributed by atoms with Crippen LogP contribution in [0, 0.1) is 22.7 Å². The van der Waals surface area contributed by atoms with Crippen molar-refractivity contribution in [3.05, 3.63) is 35.8 Å². The zero-order chi connectivity index (χ0) is 16.7. The maximum atomic E-state index is 12.5. The number of carbonyl (C=O) groups is 1. The third-order valence-electron chi connectivity index (χ3n) is 6.94. The van der Waals surface area contributed by atoms with E-state index in [0.717, 1.165) is 31.4 Å². The fourth-order valence-electron chi connectivity index (χ4n) is 5.28. The number of hydrogen-bond donors (Lipinski definition) is 1. The summed E-state index contributed by atoms with van der Waals surface area (Å²) in [6, 6.07) is 3.83. The molecule has 2 aliphatic rings. The smallest absolute Gasteiger partial charge is 0.310 e. The summed E-state index contributed by atoms with van der Waals surface area (Å²) >= 11 is 0. The highest BCUT2D eigenvalue weighted by Gasteiger charge is 2.59. The van der Waals surface area contributed by atoms with Crippen LogP contribution in [0.3, 0.4) is 0 Å². The number of aryl methyl sites for hydroxylation is 1. The van der Waals surface area contributed by atoms with E-state index in [4.69, 9.17) is 4.42 Å². The summed E-state index contributed by atoms with van der Waals surface area (Å²) in [5.74, 6) is 0.713. The van der Waals surface area contributed by atoms with Crippen molar-refractivity contribution < 1.29 is 14.3 Å². The molecule has 0 aliphatic heterocycles. The molecule has 1 aromatic heterocycles. The van der Waals surface area contributed by atoms with Crippen molar-refractivity contribution in [1.82, 2.24) is 0 Å². The first kappa shape index (κ1) is 16.4. The summed E-state index contributed by atoms with van der Waals surface area (Å²) in [5, 5.41) is 10.3. The van der Waals surface area contributed by atoms with Crippen LogP contribution < -0.4 is 0 Å². The van der Waals surface area contributed by atoms with Gasteiger partial charge in [-0.2, -0.15) is 0 Å². The molecule has 0 bridgehead atoms. The van der Waals surface area contributed by atoms with E-state index < -0.39 is 11.4 Å². The summed E-state index contributed by atoms with van der Waals surface area (Å²) in [7, 11) is 0. The van der Waals surface area contributed by atoms with Gasteiger partial charge in [0, 0.05) is 6.42 Å². The molecule has 1 heterocycles. The largest absolute Gasteiger partial charge is 0.481 e. The van der Waals surface area contributed by atoms with Crippen molar-refractivity contribution >= 4 is 5.97 Å². The Kier molecular flexibility index (Phi) is 4.16. The van der Waals surface area contributed by atoms with Gasteiger partial charge in [-0.15, -0.1) is 0 Å². The highest BCUT2D eigenvalue weighted by atomic mass is 16.4. The number of hydrogen-bond acceptors (Lipinski definition) is 2. The minimum atomic E-state index is -0.644. The lowest BCUT2D eigenvalue weighted by Gasteiger charge is -2.57. The van der Waals surface area contributed by atoms with Crippen molar-refractivity contribution in [3.8, 4) is 0 Å². The molecule has 0 spiro atoms. The van der Waals surface area contributed by atoms with E-state index in [1.54, 1.807) is 6.26 Å². The van der Waals surface area contributed by atoms with Crippen LogP contribution in [0.5, 0.6) is 0 Å². The van der Waals surface area contributed by atoms with Crippen LogP contribution in [0.25, 0.3) is 0 Å². The average molecular weight is 316 g/mol. The second-order valence-corrected chi connectivity index (χ2v) is 7.80. The molecule has 0 radical (unpaired) electrons. The third-order valence-corrected chi connectivity index (χ3v) is 6.94. The van der Waals surface area contributed by atoms with Crippen LogP contribution >= 0.6 is 0 Å². The van der Waals surface area contributed by atoms with E-state index in [0.29, 0.717) is 12.8 Å². The summed E-state index contributed by atoms with van der Waals surface area (Å²) in [5.41, 5.74) is 0.783. The Morgan fingerprint density at radius 3 is 2.87 bits per heavy atom. The lowest BCUT2D eigenvalue weighted by molar-refractivity contribution is -0.169. The molecule has 1 aromatic rings. The average Bonchev–Trinajstić information content (AvgIpc) is 3.02. The van der Waals surface area contributed by atoms with Crippen molar-refractivity contribution in [1.29, 1.82) is 0 Å². The topological polar surface area (TPSA) is 50.4 Å². The molecule has 1 fully saturated rings. The van der Waals surface area contributed by atoms with Gasteiger partial charge in [0.1, 0.15) is 5.76 Å². The molecule has 1 saturated carbocycles. The third kappa shape index (κ3) is 2.45. The van der Waals surface area contributed by atoms with Gasteiger partial charge in [-0.25, -0.2) is 0 Å². The highest BCUT2D eigenvalue weighted by Crippen LogP contribution is 2.62. The number of rotatable bonds is 4. The van der Waals surface area contributed by atoms with Gasteiger partial charge in [-0.1, -0.05) is 25.5 Å². The molecule has 0 saturated heterocycles. The van der Waals surface area contributed by atoms with E-state index >= 15 is 0 Å². The number of carboxylic acid groups (broad SMARTS) is 1. The van der Waals surface area contributed by atoms with Crippen molar-refractivity contribution in [2.24, 2.45) is 22.7 Å². The van der Waals surface area contributed by atoms with Gasteiger partial charge in [0.2, 0.25) is 0 Å². The summed E-state index contributed by atoms with van der Waals surface area (Å²) in [4.78, 5) is 12.5. The van der Waals surface area contributed by atoms with Crippen molar-refractivity contribution in [3.63, 3.8) is 0 Å². The van der Waals surface area contributed by atoms with Crippen LogP contribution in [0.1, 0.15) is 58.6 Å². The summed E-state index contributed by atoms with van der Waals surface area (Å²) in [6.45, 7) is 6.63. The molecule has 23 heavy (non-hydrogen) atoms. The van der Waals surface area contributed by atoms with Crippen LogP contribution in [-0.2, 0) is 11.2 Å². The number of aliphatic carboxylic acids is 1. The Labute approximate surface area is 138 Å². The van der Waals surface area contributed by atoms with Gasteiger partial charge in [-0.05, 0) is 68.4 Å². The molecule has 3 heteroatoms. The normalized spacial score (nSPS) is 37.1. The first-order valence-corrected chi connectivity index (χ1v) is 8.84. The second-order valence-electron chi connectivity index (χ2n) is 7.80. The minimum absolute atomic E-state index is 0.0340. The Balaban J connectivity index is 1.98. The molecule has 0 amide bonds. The quantitative estimate of drug-likeness (QED) is 0.788. The Hall–Kier alpha value is -1.51. The lowest BCUT2D eigenvalue weighted by atomic mass is 9.46. The molecular formula is C20H28O3. The predicted molar refractivity (Wildman–Crippen MR) is 90.1 cm³/mol. The highest BCUT2D eigenvalue weighted by molar-refractivity contribution is 5.76. The Morgan fingerprint density at radius 2 is 2.22 bits per heavy atom. The molecule has 4 atom stereocenters. The SMILES string of the molecule is CC1=CCC[C@@H]2[C@](CCc3ccco3)(C(=O)O)[C@H](C)CC[C@@]12C. The molecule has 3 nitrogen and oxygen atoms in total. The minimum Gasteiger partial charge on any atom is -0.481 e. The first-order chi connectivity index (χ1) is 10.9. The molecule has 2 aliphatic carbocycles. The number of allylic oxidation sites excluding steroid dienone is 2. The van der Waals surface area contributed by atoms with Gasteiger partial charge >= 0.3 is 5.97 Å². The van der Waals surface area contributed by atoms with Gasteiger partial charge in [0.25, 0.3) is 0 Å². The monoisotopic (exact) mass is 316 g/mol. The number of fused-ring (bicyclic) bond motifs is 1. The Bertz CT molecular complexity index is 600. The standard InChI is InChI=1S/C20H28O3/c1-14-6-4-8-17-19(14,3)11-9-15(2)20(17,18(21)22)12-10-16-7-5-13-23-16/h5-7,13,15,17H,4,8-12H2,1-3H3,(H,21,22)/t15-,17+,19+,20-/m1/s1. The van der Waals surface area contributed by atoms with Crippen LogP contribution in [-0.4, -0.2) is 11.1 Å². The van der Waals surface area contributed by atoms with Crippen molar-refractivity contribution in [2.45, 2.75) is 59.3 Å². The number of furan rings is 1. The maximum Gasteiger partial charge on any atom is 0.310 e. The van der Waals surface area contributed by atoms with Crippen LogP contribution in [0.15, 0.2) is 34.5 Å². The van der Waals surface area contributed by atoms with Crippen LogP contribution in [0.4, 0.5) is 0 Å². The maximum absolute atomic E-state index is 12.5. The lowest BCUT2D eigenvalue weighted by Crippen LogP contribution is -2.55. The fourth-order valence-corrected chi connectivity index (χ4v) is 5.28. The zero-order valence-electron chi connectivity index (χ0n) is 14.5. The van der Waals surface area contributed by atoms with E-state index in [1.807, 2.05) is 12.1 Å². The van der Waals surface area contributed by atoms with Crippen LogP contribution in [0.2, 0.25) is 0 Å². The number of carboxylic acids is 1. The summed E-state index contributed by atoms with van der Waals surface area (Å²) < 4.78 is 5.46. The van der Waals surface area contributed by atoms with E-state index in [2.05, 4.69) is 26.8 Å². The van der Waals surface area contributed by atoms with Gasteiger partial charge < -0.3 is 9.52 Å². The molecule has 0 aromatic carbocycles. The second kappa shape index (κ2) is 5.85. The first-order valence-electron chi connectivity index (χ1n) is 8.84. The molecule has 126 valence electrons. The van der Waals surface area contributed by atoms with Gasteiger partial charge in [-0.3, -0.25) is 4.79 Å².